The van der Waals surface area contributed by atoms with Crippen LogP contribution in [0.5, 0.6) is 0 Å². The third kappa shape index (κ3) is 1.88. The van der Waals surface area contributed by atoms with Gasteiger partial charge in [-0.2, -0.15) is 0 Å². The summed E-state index contributed by atoms with van der Waals surface area (Å²) in [5.74, 6) is -0.766. The first-order valence-corrected chi connectivity index (χ1v) is 3.83. The minimum Gasteiger partial charge on any atom is -0.279 e. The van der Waals surface area contributed by atoms with E-state index in [4.69, 9.17) is 0 Å². The maximum atomic E-state index is 10.9. The fourth-order valence-corrected chi connectivity index (χ4v) is 1.16. The number of benzene rings is 1. The van der Waals surface area contributed by atoms with Crippen molar-refractivity contribution < 1.29 is 9.63 Å². The van der Waals surface area contributed by atoms with Crippen molar-refractivity contribution in [1.82, 2.24) is 0 Å². The van der Waals surface area contributed by atoms with Crippen LogP contribution in [-0.4, -0.2) is 5.97 Å². The molecule has 0 fully saturated rings. The molecule has 0 saturated heterocycles. The van der Waals surface area contributed by atoms with E-state index in [0.717, 1.165) is 0 Å². The van der Waals surface area contributed by atoms with Gasteiger partial charge in [0, 0.05) is 4.47 Å². The number of hydrogen-bond donors (Lipinski definition) is 0. The fourth-order valence-electron chi connectivity index (χ4n) is 0.710. The second-order valence-corrected chi connectivity index (χ2v) is 2.79. The zero-order chi connectivity index (χ0) is 8.97. The Morgan fingerprint density at radius 3 is 2.67 bits per heavy atom. The van der Waals surface area contributed by atoms with Gasteiger partial charge in [0.1, 0.15) is 0 Å². The number of hydrogen-bond acceptors (Lipinski definition) is 4. The molecule has 0 N–H and O–H groups in total. The molecule has 1 aromatic rings. The molecule has 0 bridgehead atoms. The minimum absolute atomic E-state index is 0.275. The third-order valence-electron chi connectivity index (χ3n) is 1.21. The molecular formula is C7H4BrNO3. The van der Waals surface area contributed by atoms with Gasteiger partial charge in [0.05, 0.1) is 5.56 Å². The Bertz CT molecular complexity index is 313. The molecule has 1 rings (SSSR count). The lowest BCUT2D eigenvalue weighted by molar-refractivity contribution is 0.0507. The Morgan fingerprint density at radius 2 is 2.08 bits per heavy atom. The van der Waals surface area contributed by atoms with E-state index < -0.39 is 5.97 Å². The standard InChI is InChI=1S/C7H4BrNO3/c8-6-4-2-1-3-5(6)7(10)12-9-11/h1-4H. The summed E-state index contributed by atoms with van der Waals surface area (Å²) in [5, 5.41) is 2.03. The molecule has 0 aromatic heterocycles. The van der Waals surface area contributed by atoms with Crippen LogP contribution in [0.25, 0.3) is 0 Å². The van der Waals surface area contributed by atoms with Gasteiger partial charge in [-0.25, -0.2) is 4.79 Å². The highest BCUT2D eigenvalue weighted by Gasteiger charge is 2.10. The monoisotopic (exact) mass is 229 g/mol. The van der Waals surface area contributed by atoms with Crippen molar-refractivity contribution in [3.63, 3.8) is 0 Å². The van der Waals surface area contributed by atoms with Crippen LogP contribution in [0, 0.1) is 4.91 Å². The number of halogens is 1. The second-order valence-electron chi connectivity index (χ2n) is 1.93. The summed E-state index contributed by atoms with van der Waals surface area (Å²) in [6.07, 6.45) is 0. The van der Waals surface area contributed by atoms with Crippen molar-refractivity contribution in [2.45, 2.75) is 0 Å². The molecule has 1 aromatic carbocycles. The lowest BCUT2D eigenvalue weighted by Gasteiger charge is -1.97. The van der Waals surface area contributed by atoms with E-state index in [1.807, 2.05) is 5.34 Å². The zero-order valence-electron chi connectivity index (χ0n) is 5.86. The van der Waals surface area contributed by atoms with Gasteiger partial charge in [-0.05, 0) is 28.1 Å². The number of rotatable bonds is 2. The Hall–Kier alpha value is -1.23. The van der Waals surface area contributed by atoms with E-state index in [2.05, 4.69) is 20.8 Å². The molecule has 0 unspecified atom stereocenters. The summed E-state index contributed by atoms with van der Waals surface area (Å²) in [5.41, 5.74) is 0.275. The fraction of sp³-hybridized carbons (Fsp3) is 0. The molecule has 0 saturated carbocycles. The molecule has 4 nitrogen and oxygen atoms in total. The van der Waals surface area contributed by atoms with Crippen LogP contribution >= 0.6 is 15.9 Å². The summed E-state index contributed by atoms with van der Waals surface area (Å²) in [6.45, 7) is 0. The van der Waals surface area contributed by atoms with Crippen molar-refractivity contribution in [1.29, 1.82) is 0 Å². The Balaban J connectivity index is 2.94. The highest BCUT2D eigenvalue weighted by molar-refractivity contribution is 9.10. The van der Waals surface area contributed by atoms with Gasteiger partial charge >= 0.3 is 5.97 Å². The van der Waals surface area contributed by atoms with Gasteiger partial charge < -0.3 is 0 Å². The smallest absolute Gasteiger partial charge is 0.279 e. The maximum absolute atomic E-state index is 10.9. The Labute approximate surface area is 76.6 Å². The van der Waals surface area contributed by atoms with E-state index >= 15 is 0 Å². The first kappa shape index (κ1) is 8.86. The molecule has 5 heteroatoms. The average Bonchev–Trinajstić information content (AvgIpc) is 2.05. The van der Waals surface area contributed by atoms with Gasteiger partial charge in [-0.1, -0.05) is 12.1 Å². The number of carbonyl (C=O) groups is 1. The van der Waals surface area contributed by atoms with Gasteiger partial charge in [0.15, 0.2) is 5.34 Å². The van der Waals surface area contributed by atoms with Crippen molar-refractivity contribution in [3.05, 3.63) is 39.2 Å². The number of nitrogens with zero attached hydrogens (tertiary/aromatic N) is 1. The van der Waals surface area contributed by atoms with Crippen molar-refractivity contribution in [2.24, 2.45) is 5.34 Å². The molecule has 0 aliphatic heterocycles. The summed E-state index contributed by atoms with van der Waals surface area (Å²) in [4.78, 5) is 24.4. The summed E-state index contributed by atoms with van der Waals surface area (Å²) in [7, 11) is 0. The molecule has 12 heavy (non-hydrogen) atoms. The van der Waals surface area contributed by atoms with E-state index in [-0.39, 0.29) is 5.56 Å². The van der Waals surface area contributed by atoms with Gasteiger partial charge in [-0.3, -0.25) is 4.84 Å². The maximum Gasteiger partial charge on any atom is 0.370 e. The van der Waals surface area contributed by atoms with E-state index in [0.29, 0.717) is 4.47 Å². The summed E-state index contributed by atoms with van der Waals surface area (Å²) >= 11 is 3.12. The average molecular weight is 230 g/mol. The second kappa shape index (κ2) is 3.96. The van der Waals surface area contributed by atoms with Gasteiger partial charge in [-0.15, -0.1) is 4.91 Å². The molecule has 0 radical (unpaired) electrons. The Morgan fingerprint density at radius 1 is 1.42 bits per heavy atom. The first-order valence-electron chi connectivity index (χ1n) is 3.04. The van der Waals surface area contributed by atoms with Crippen LogP contribution in [0.3, 0.4) is 0 Å². The van der Waals surface area contributed by atoms with Crippen LogP contribution in [0.1, 0.15) is 10.4 Å². The van der Waals surface area contributed by atoms with E-state index in [1.54, 1.807) is 18.2 Å². The first-order chi connectivity index (χ1) is 5.75. The van der Waals surface area contributed by atoms with E-state index in [1.165, 1.54) is 6.07 Å². The van der Waals surface area contributed by atoms with E-state index in [9.17, 15) is 9.70 Å². The molecule has 62 valence electrons. The molecule has 0 heterocycles. The molecule has 0 amide bonds. The van der Waals surface area contributed by atoms with Gasteiger partial charge in [0.25, 0.3) is 0 Å². The number of carbonyl (C=O) groups excluding carboxylic acids is 1. The zero-order valence-corrected chi connectivity index (χ0v) is 7.45. The van der Waals surface area contributed by atoms with Crippen LogP contribution in [-0.2, 0) is 4.84 Å². The lowest BCUT2D eigenvalue weighted by atomic mass is 10.2. The van der Waals surface area contributed by atoms with Crippen LogP contribution in [0.4, 0.5) is 0 Å². The molecule has 0 atom stereocenters. The predicted octanol–water partition coefficient (Wildman–Crippen LogP) is 2.29. The lowest BCUT2D eigenvalue weighted by Crippen LogP contribution is -2.00. The third-order valence-corrected chi connectivity index (χ3v) is 1.91. The molecular weight excluding hydrogens is 226 g/mol. The summed E-state index contributed by atoms with van der Waals surface area (Å²) < 4.78 is 0.568. The van der Waals surface area contributed by atoms with Gasteiger partial charge in [0.2, 0.25) is 0 Å². The summed E-state index contributed by atoms with van der Waals surface area (Å²) in [6, 6.07) is 6.60. The minimum atomic E-state index is -0.766. The van der Waals surface area contributed by atoms with Crippen LogP contribution in [0.2, 0.25) is 0 Å². The molecule has 0 aliphatic carbocycles. The highest BCUT2D eigenvalue weighted by Crippen LogP contribution is 2.16. The normalized spacial score (nSPS) is 9.08. The molecule has 0 aliphatic rings. The SMILES string of the molecule is O=NOC(=O)c1ccccc1Br. The predicted molar refractivity (Wildman–Crippen MR) is 45.4 cm³/mol. The largest absolute Gasteiger partial charge is 0.370 e. The van der Waals surface area contributed by atoms with Crippen molar-refractivity contribution >= 4 is 21.9 Å². The van der Waals surface area contributed by atoms with Crippen molar-refractivity contribution in [3.8, 4) is 0 Å². The van der Waals surface area contributed by atoms with Crippen LogP contribution in [0.15, 0.2) is 34.1 Å². The highest BCUT2D eigenvalue weighted by atomic mass is 79.9. The van der Waals surface area contributed by atoms with Crippen LogP contribution < -0.4 is 0 Å². The quantitative estimate of drug-likeness (QED) is 0.578. The Kier molecular flexibility index (Phi) is 2.93. The topological polar surface area (TPSA) is 55.7 Å². The molecule has 0 spiro atoms. The van der Waals surface area contributed by atoms with Crippen molar-refractivity contribution in [2.75, 3.05) is 0 Å².